The zero-order chi connectivity index (χ0) is 20.8. The Hall–Kier alpha value is -2.35. The summed E-state index contributed by atoms with van der Waals surface area (Å²) in [5.41, 5.74) is 2.48. The van der Waals surface area contributed by atoms with Crippen molar-refractivity contribution in [3.63, 3.8) is 0 Å². The predicted molar refractivity (Wildman–Crippen MR) is 120 cm³/mol. The Labute approximate surface area is 183 Å². The van der Waals surface area contributed by atoms with Crippen molar-refractivity contribution in [2.24, 2.45) is 0 Å². The van der Waals surface area contributed by atoms with Gasteiger partial charge in [-0.15, -0.1) is 11.3 Å². The van der Waals surface area contributed by atoms with Crippen molar-refractivity contribution in [1.82, 2.24) is 9.88 Å². The van der Waals surface area contributed by atoms with E-state index in [1.165, 1.54) is 16.2 Å². The number of hydrogen-bond donors (Lipinski definition) is 1. The second kappa shape index (κ2) is 9.91. The summed E-state index contributed by atoms with van der Waals surface area (Å²) in [6, 6.07) is 14.9. The zero-order valence-electron chi connectivity index (χ0n) is 16.0. The van der Waals surface area contributed by atoms with Crippen LogP contribution in [0.2, 0.25) is 5.02 Å². The molecule has 0 aliphatic rings. The van der Waals surface area contributed by atoms with Crippen molar-refractivity contribution >= 4 is 51.5 Å². The van der Waals surface area contributed by atoms with Crippen LogP contribution in [0.1, 0.15) is 16.3 Å². The van der Waals surface area contributed by atoms with Crippen molar-refractivity contribution < 1.29 is 9.59 Å². The second-order valence-corrected chi connectivity index (χ2v) is 8.96. The highest BCUT2D eigenvalue weighted by Gasteiger charge is 2.11. The fourth-order valence-corrected chi connectivity index (χ4v) is 4.29. The molecule has 0 atom stereocenters. The lowest BCUT2D eigenvalue weighted by atomic mass is 10.2. The number of carbonyl (C=O) groups excluding carboxylic acids is 2. The van der Waals surface area contributed by atoms with Gasteiger partial charge >= 0.3 is 0 Å². The van der Waals surface area contributed by atoms with Gasteiger partial charge in [-0.3, -0.25) is 9.59 Å². The van der Waals surface area contributed by atoms with E-state index in [0.717, 1.165) is 32.9 Å². The Kier molecular flexibility index (Phi) is 7.30. The van der Waals surface area contributed by atoms with Crippen molar-refractivity contribution in [3.8, 4) is 0 Å². The van der Waals surface area contributed by atoms with E-state index in [9.17, 15) is 9.59 Å². The maximum Gasteiger partial charge on any atom is 0.285 e. The lowest BCUT2D eigenvalue weighted by molar-refractivity contribution is -0.115. The number of benzene rings is 2. The maximum absolute atomic E-state index is 12.4. The van der Waals surface area contributed by atoms with E-state index in [4.69, 9.17) is 11.6 Å². The van der Waals surface area contributed by atoms with E-state index < -0.39 is 0 Å². The van der Waals surface area contributed by atoms with Crippen LogP contribution in [0.3, 0.4) is 0 Å². The Bertz CT molecular complexity index is 1020. The fraction of sp³-hybridized carbons (Fsp3) is 0.190. The van der Waals surface area contributed by atoms with Crippen LogP contribution < -0.4 is 5.32 Å². The standard InChI is InChI=1S/C21H20ClN3O2S2/c1-25(2)21(27)29-18-8-4-7-16(11-18)23-19(26)12-17-13-28-20(24-17)10-14-5-3-6-15(22)9-14/h3-9,11,13H,10,12H2,1-2H3,(H,23,26). The lowest BCUT2D eigenvalue weighted by Gasteiger charge is -2.10. The number of anilines is 1. The highest BCUT2D eigenvalue weighted by atomic mass is 35.5. The molecular weight excluding hydrogens is 426 g/mol. The third-order valence-electron chi connectivity index (χ3n) is 3.87. The van der Waals surface area contributed by atoms with E-state index in [1.807, 2.05) is 41.8 Å². The first-order chi connectivity index (χ1) is 13.9. The van der Waals surface area contributed by atoms with Gasteiger partial charge in [0.1, 0.15) is 0 Å². The molecule has 0 aliphatic carbocycles. The molecule has 1 N–H and O–H groups in total. The van der Waals surface area contributed by atoms with Crippen LogP contribution in [0.4, 0.5) is 10.5 Å². The van der Waals surface area contributed by atoms with Gasteiger partial charge in [0, 0.05) is 41.5 Å². The highest BCUT2D eigenvalue weighted by Crippen LogP contribution is 2.24. The number of carbonyl (C=O) groups is 2. The number of amides is 2. The smallest absolute Gasteiger partial charge is 0.285 e. The first-order valence-corrected chi connectivity index (χ1v) is 10.9. The third kappa shape index (κ3) is 6.59. The average Bonchev–Trinajstić information content (AvgIpc) is 3.08. The summed E-state index contributed by atoms with van der Waals surface area (Å²) in [6.45, 7) is 0. The summed E-state index contributed by atoms with van der Waals surface area (Å²) < 4.78 is 0. The largest absolute Gasteiger partial charge is 0.339 e. The van der Waals surface area contributed by atoms with Gasteiger partial charge in [0.25, 0.3) is 5.24 Å². The van der Waals surface area contributed by atoms with Crippen molar-refractivity contribution in [3.05, 3.63) is 75.2 Å². The molecule has 0 saturated carbocycles. The SMILES string of the molecule is CN(C)C(=O)Sc1cccc(NC(=O)Cc2csc(Cc3cccc(Cl)c3)n2)c1. The minimum absolute atomic E-state index is 0.0665. The van der Waals surface area contributed by atoms with Crippen LogP contribution in [0.5, 0.6) is 0 Å². The molecule has 0 radical (unpaired) electrons. The van der Waals surface area contributed by atoms with E-state index >= 15 is 0 Å². The molecule has 0 unspecified atom stereocenters. The molecule has 0 bridgehead atoms. The molecule has 2 aromatic carbocycles. The monoisotopic (exact) mass is 445 g/mol. The molecule has 1 aromatic heterocycles. The van der Waals surface area contributed by atoms with Gasteiger partial charge in [0.05, 0.1) is 17.1 Å². The van der Waals surface area contributed by atoms with Gasteiger partial charge in [-0.05, 0) is 47.7 Å². The van der Waals surface area contributed by atoms with Crippen LogP contribution in [-0.2, 0) is 17.6 Å². The molecule has 3 rings (SSSR count). The summed E-state index contributed by atoms with van der Waals surface area (Å²) in [7, 11) is 3.41. The lowest BCUT2D eigenvalue weighted by Crippen LogP contribution is -2.16. The Morgan fingerprint density at radius 3 is 2.72 bits per heavy atom. The normalized spacial score (nSPS) is 10.6. The van der Waals surface area contributed by atoms with Crippen LogP contribution in [0.15, 0.2) is 58.8 Å². The fourth-order valence-electron chi connectivity index (χ4n) is 2.53. The first kappa shape index (κ1) is 21.4. The Morgan fingerprint density at radius 2 is 1.97 bits per heavy atom. The molecule has 8 heteroatoms. The summed E-state index contributed by atoms with van der Waals surface area (Å²) in [4.78, 5) is 31.1. The number of thioether (sulfide) groups is 1. The van der Waals surface area contributed by atoms with E-state index in [-0.39, 0.29) is 17.6 Å². The molecule has 5 nitrogen and oxygen atoms in total. The average molecular weight is 446 g/mol. The number of nitrogens with one attached hydrogen (secondary N) is 1. The number of halogens is 1. The Balaban J connectivity index is 1.57. The van der Waals surface area contributed by atoms with Gasteiger partial charge in [0.15, 0.2) is 0 Å². The molecule has 0 aliphatic heterocycles. The molecule has 0 fully saturated rings. The molecule has 1 heterocycles. The van der Waals surface area contributed by atoms with Crippen LogP contribution in [0.25, 0.3) is 0 Å². The minimum Gasteiger partial charge on any atom is -0.339 e. The van der Waals surface area contributed by atoms with E-state index in [0.29, 0.717) is 17.1 Å². The van der Waals surface area contributed by atoms with Crippen molar-refractivity contribution in [2.45, 2.75) is 17.7 Å². The first-order valence-electron chi connectivity index (χ1n) is 8.86. The predicted octanol–water partition coefficient (Wildman–Crippen LogP) is 5.34. The number of aromatic nitrogens is 1. The molecule has 29 heavy (non-hydrogen) atoms. The number of rotatable bonds is 6. The molecule has 150 valence electrons. The van der Waals surface area contributed by atoms with Crippen LogP contribution in [0, 0.1) is 0 Å². The minimum atomic E-state index is -0.148. The molecule has 2 amide bonds. The molecule has 0 saturated heterocycles. The zero-order valence-corrected chi connectivity index (χ0v) is 18.4. The summed E-state index contributed by atoms with van der Waals surface area (Å²) in [5.74, 6) is -0.148. The topological polar surface area (TPSA) is 62.3 Å². The highest BCUT2D eigenvalue weighted by molar-refractivity contribution is 8.13. The van der Waals surface area contributed by atoms with Gasteiger partial charge in [-0.1, -0.05) is 29.8 Å². The van der Waals surface area contributed by atoms with E-state index in [2.05, 4.69) is 10.3 Å². The Morgan fingerprint density at radius 1 is 1.17 bits per heavy atom. The van der Waals surface area contributed by atoms with Crippen molar-refractivity contribution in [1.29, 1.82) is 0 Å². The molecule has 3 aromatic rings. The number of nitrogens with zero attached hydrogens (tertiary/aromatic N) is 2. The van der Waals surface area contributed by atoms with Crippen LogP contribution >= 0.6 is 34.7 Å². The quantitative estimate of drug-likeness (QED) is 0.520. The number of thiazole rings is 1. The summed E-state index contributed by atoms with van der Waals surface area (Å²) >= 11 is 8.67. The summed E-state index contributed by atoms with van der Waals surface area (Å²) in [5, 5.41) is 6.35. The van der Waals surface area contributed by atoms with Gasteiger partial charge in [-0.25, -0.2) is 4.98 Å². The number of hydrogen-bond acceptors (Lipinski definition) is 5. The van der Waals surface area contributed by atoms with Crippen molar-refractivity contribution in [2.75, 3.05) is 19.4 Å². The van der Waals surface area contributed by atoms with Crippen LogP contribution in [-0.4, -0.2) is 35.1 Å². The summed E-state index contributed by atoms with van der Waals surface area (Å²) in [6.07, 6.45) is 0.881. The molecular formula is C21H20ClN3O2S2. The third-order valence-corrected chi connectivity index (χ3v) is 6.04. The van der Waals surface area contributed by atoms with E-state index in [1.54, 1.807) is 26.2 Å². The maximum atomic E-state index is 12.4. The van der Waals surface area contributed by atoms with Gasteiger partial charge in [0.2, 0.25) is 5.91 Å². The molecule has 0 spiro atoms. The van der Waals surface area contributed by atoms with Gasteiger partial charge < -0.3 is 10.2 Å². The second-order valence-electron chi connectivity index (χ2n) is 6.55. The van der Waals surface area contributed by atoms with Gasteiger partial charge in [-0.2, -0.15) is 0 Å².